The van der Waals surface area contributed by atoms with Crippen LogP contribution in [-0.4, -0.2) is 18.5 Å². The number of rotatable bonds is 4. The van der Waals surface area contributed by atoms with Crippen molar-refractivity contribution < 1.29 is 9.53 Å². The van der Waals surface area contributed by atoms with Crippen LogP contribution in [0.2, 0.25) is 0 Å². The molecule has 1 unspecified atom stereocenters. The molecule has 0 amide bonds. The first-order chi connectivity index (χ1) is 9.93. The van der Waals surface area contributed by atoms with Gasteiger partial charge in [-0.1, -0.05) is 0 Å². The molecule has 1 saturated heterocycles. The standard InChI is InChI=1S/C19H28O2/c1-12-13(2)15(4)19(16(5)14(12)3)18(20)10-9-17-8-6-7-11-21-17/h17H,6-11H2,1-5H3. The van der Waals surface area contributed by atoms with Crippen LogP contribution in [0, 0.1) is 34.6 Å². The third kappa shape index (κ3) is 3.37. The van der Waals surface area contributed by atoms with Gasteiger partial charge < -0.3 is 4.74 Å². The van der Waals surface area contributed by atoms with Gasteiger partial charge in [0.05, 0.1) is 6.10 Å². The lowest BCUT2D eigenvalue weighted by Gasteiger charge is -2.23. The van der Waals surface area contributed by atoms with Crippen molar-refractivity contribution in [3.05, 3.63) is 33.4 Å². The molecule has 1 aliphatic rings. The zero-order valence-corrected chi connectivity index (χ0v) is 14.1. The van der Waals surface area contributed by atoms with Crippen LogP contribution in [0.15, 0.2) is 0 Å². The van der Waals surface area contributed by atoms with Gasteiger partial charge >= 0.3 is 0 Å². The molecule has 0 spiro atoms. The second-order valence-electron chi connectivity index (χ2n) is 6.45. The van der Waals surface area contributed by atoms with Crippen molar-refractivity contribution in [2.75, 3.05) is 6.61 Å². The summed E-state index contributed by atoms with van der Waals surface area (Å²) in [5.74, 6) is 0.283. The minimum Gasteiger partial charge on any atom is -0.378 e. The first kappa shape index (κ1) is 16.2. The van der Waals surface area contributed by atoms with Crippen molar-refractivity contribution in [2.24, 2.45) is 0 Å². The Labute approximate surface area is 128 Å². The molecule has 1 heterocycles. The van der Waals surface area contributed by atoms with Crippen LogP contribution in [0.4, 0.5) is 0 Å². The van der Waals surface area contributed by atoms with Crippen LogP contribution in [-0.2, 0) is 4.74 Å². The van der Waals surface area contributed by atoms with E-state index in [-0.39, 0.29) is 11.9 Å². The molecule has 0 aliphatic carbocycles. The summed E-state index contributed by atoms with van der Waals surface area (Å²) in [4.78, 5) is 12.7. The maximum Gasteiger partial charge on any atom is 0.163 e. The molecular weight excluding hydrogens is 260 g/mol. The van der Waals surface area contributed by atoms with Crippen LogP contribution in [0.3, 0.4) is 0 Å². The van der Waals surface area contributed by atoms with Crippen molar-refractivity contribution in [1.82, 2.24) is 0 Å². The van der Waals surface area contributed by atoms with E-state index in [2.05, 4.69) is 34.6 Å². The number of ketones is 1. The lowest BCUT2D eigenvalue weighted by atomic mass is 9.86. The molecule has 1 aliphatic heterocycles. The molecule has 0 aromatic heterocycles. The molecule has 1 atom stereocenters. The molecule has 2 rings (SSSR count). The van der Waals surface area contributed by atoms with Crippen LogP contribution in [0.1, 0.15) is 70.3 Å². The summed E-state index contributed by atoms with van der Waals surface area (Å²) < 4.78 is 5.74. The second-order valence-corrected chi connectivity index (χ2v) is 6.45. The van der Waals surface area contributed by atoms with Crippen LogP contribution in [0.25, 0.3) is 0 Å². The minimum absolute atomic E-state index is 0.283. The molecule has 116 valence electrons. The predicted molar refractivity (Wildman–Crippen MR) is 87.3 cm³/mol. The Hall–Kier alpha value is -1.15. The molecule has 2 nitrogen and oxygen atoms in total. The topological polar surface area (TPSA) is 26.3 Å². The third-order valence-electron chi connectivity index (χ3n) is 5.25. The number of ether oxygens (including phenoxy) is 1. The fourth-order valence-electron chi connectivity index (χ4n) is 3.37. The third-order valence-corrected chi connectivity index (χ3v) is 5.25. The van der Waals surface area contributed by atoms with E-state index < -0.39 is 0 Å². The Balaban J connectivity index is 2.15. The summed E-state index contributed by atoms with van der Waals surface area (Å²) in [6.07, 6.45) is 5.27. The van der Waals surface area contributed by atoms with E-state index in [1.54, 1.807) is 0 Å². The van der Waals surface area contributed by atoms with E-state index >= 15 is 0 Å². The van der Waals surface area contributed by atoms with Gasteiger partial charge in [-0.25, -0.2) is 0 Å². The zero-order valence-electron chi connectivity index (χ0n) is 14.1. The van der Waals surface area contributed by atoms with Crippen LogP contribution < -0.4 is 0 Å². The summed E-state index contributed by atoms with van der Waals surface area (Å²) in [6.45, 7) is 11.4. The van der Waals surface area contributed by atoms with Gasteiger partial charge in [0.2, 0.25) is 0 Å². The average molecular weight is 288 g/mol. The Kier molecular flexibility index (Phi) is 5.21. The summed E-state index contributed by atoms with van der Waals surface area (Å²) in [7, 11) is 0. The van der Waals surface area contributed by atoms with Crippen LogP contribution >= 0.6 is 0 Å². The van der Waals surface area contributed by atoms with Crippen molar-refractivity contribution in [1.29, 1.82) is 0 Å². The van der Waals surface area contributed by atoms with Crippen molar-refractivity contribution in [2.45, 2.75) is 72.8 Å². The second kappa shape index (κ2) is 6.74. The van der Waals surface area contributed by atoms with E-state index in [0.29, 0.717) is 6.42 Å². The molecule has 0 radical (unpaired) electrons. The molecule has 1 fully saturated rings. The van der Waals surface area contributed by atoms with Gasteiger partial charge in [0, 0.05) is 18.6 Å². The first-order valence-corrected chi connectivity index (χ1v) is 8.15. The summed E-state index contributed by atoms with van der Waals surface area (Å²) in [5, 5.41) is 0. The lowest BCUT2D eigenvalue weighted by Crippen LogP contribution is -2.20. The van der Waals surface area contributed by atoms with Gasteiger partial charge in [0.25, 0.3) is 0 Å². The quantitative estimate of drug-likeness (QED) is 0.747. The molecule has 0 bridgehead atoms. The maximum absolute atomic E-state index is 12.7. The SMILES string of the molecule is Cc1c(C)c(C)c(C(=O)CCC2CCCCO2)c(C)c1C. The smallest absolute Gasteiger partial charge is 0.163 e. The average Bonchev–Trinajstić information content (AvgIpc) is 2.50. The summed E-state index contributed by atoms with van der Waals surface area (Å²) in [5.41, 5.74) is 7.10. The van der Waals surface area contributed by atoms with Crippen LogP contribution in [0.5, 0.6) is 0 Å². The molecule has 2 heteroatoms. The highest BCUT2D eigenvalue weighted by molar-refractivity contribution is 5.99. The molecule has 0 N–H and O–H groups in total. The molecule has 21 heavy (non-hydrogen) atoms. The first-order valence-electron chi connectivity index (χ1n) is 8.15. The molecule has 0 saturated carbocycles. The number of benzene rings is 1. The Morgan fingerprint density at radius 2 is 1.52 bits per heavy atom. The lowest BCUT2D eigenvalue weighted by molar-refractivity contribution is 0.0104. The minimum atomic E-state index is 0.283. The van der Waals surface area contributed by atoms with E-state index in [9.17, 15) is 4.79 Å². The largest absolute Gasteiger partial charge is 0.378 e. The van der Waals surface area contributed by atoms with Gasteiger partial charge in [-0.3, -0.25) is 4.79 Å². The summed E-state index contributed by atoms with van der Waals surface area (Å²) in [6, 6.07) is 0. The van der Waals surface area contributed by atoms with Gasteiger partial charge in [-0.2, -0.15) is 0 Å². The molecule has 1 aromatic carbocycles. The highest BCUT2D eigenvalue weighted by Crippen LogP contribution is 2.28. The van der Waals surface area contributed by atoms with Gasteiger partial charge in [0.15, 0.2) is 5.78 Å². The number of carbonyl (C=O) groups is 1. The number of Topliss-reactive ketones (excluding diaryl/α,β-unsaturated/α-hetero) is 1. The zero-order chi connectivity index (χ0) is 15.6. The molecule has 1 aromatic rings. The van der Waals surface area contributed by atoms with E-state index in [1.165, 1.54) is 29.5 Å². The highest BCUT2D eigenvalue weighted by atomic mass is 16.5. The van der Waals surface area contributed by atoms with E-state index in [0.717, 1.165) is 36.1 Å². The number of hydrogen-bond donors (Lipinski definition) is 0. The van der Waals surface area contributed by atoms with Gasteiger partial charge in [-0.15, -0.1) is 0 Å². The fraction of sp³-hybridized carbons (Fsp3) is 0.632. The van der Waals surface area contributed by atoms with Crippen molar-refractivity contribution in [3.8, 4) is 0 Å². The summed E-state index contributed by atoms with van der Waals surface area (Å²) >= 11 is 0. The van der Waals surface area contributed by atoms with Gasteiger partial charge in [0.1, 0.15) is 0 Å². The Bertz CT molecular complexity index is 508. The van der Waals surface area contributed by atoms with E-state index in [4.69, 9.17) is 4.74 Å². The van der Waals surface area contributed by atoms with E-state index in [1.807, 2.05) is 0 Å². The molecular formula is C19H28O2. The Morgan fingerprint density at radius 1 is 0.952 bits per heavy atom. The predicted octanol–water partition coefficient (Wildman–Crippen LogP) is 4.76. The van der Waals surface area contributed by atoms with Crippen molar-refractivity contribution >= 4 is 5.78 Å². The number of hydrogen-bond acceptors (Lipinski definition) is 2. The van der Waals surface area contributed by atoms with Crippen molar-refractivity contribution in [3.63, 3.8) is 0 Å². The highest BCUT2D eigenvalue weighted by Gasteiger charge is 2.20. The Morgan fingerprint density at radius 3 is 2.05 bits per heavy atom. The number of carbonyl (C=O) groups excluding carboxylic acids is 1. The normalized spacial score (nSPS) is 18.8. The monoisotopic (exact) mass is 288 g/mol. The van der Waals surface area contributed by atoms with Gasteiger partial charge in [-0.05, 0) is 88.1 Å². The fourth-order valence-corrected chi connectivity index (χ4v) is 3.37. The maximum atomic E-state index is 12.7.